The van der Waals surface area contributed by atoms with Crippen LogP contribution >= 0.6 is 0 Å². The van der Waals surface area contributed by atoms with E-state index in [1.165, 1.54) is 25.0 Å². The highest BCUT2D eigenvalue weighted by Crippen LogP contribution is 2.40. The Balaban J connectivity index is 1.49. The lowest BCUT2D eigenvalue weighted by molar-refractivity contribution is 0.184. The number of piperidine rings is 1. The molecular formula is C22H28F2N4O. The van der Waals surface area contributed by atoms with Crippen molar-refractivity contribution in [1.82, 2.24) is 10.2 Å². The van der Waals surface area contributed by atoms with E-state index >= 15 is 0 Å². The predicted molar refractivity (Wildman–Crippen MR) is 108 cm³/mol. The van der Waals surface area contributed by atoms with Crippen molar-refractivity contribution in [3.8, 4) is 0 Å². The molecule has 4 aliphatic rings. The molecule has 0 radical (unpaired) electrons. The number of likely N-dealkylation sites (tertiary alicyclic amines) is 1. The van der Waals surface area contributed by atoms with Crippen molar-refractivity contribution >= 4 is 17.6 Å². The second-order valence-electron chi connectivity index (χ2n) is 9.08. The van der Waals surface area contributed by atoms with Crippen molar-refractivity contribution in [1.29, 1.82) is 0 Å². The zero-order valence-electron chi connectivity index (χ0n) is 16.7. The summed E-state index contributed by atoms with van der Waals surface area (Å²) in [6.07, 6.45) is 8.47. The molecule has 1 N–H and O–H groups in total. The third kappa shape index (κ3) is 3.65. The second-order valence-corrected chi connectivity index (χ2v) is 9.08. The molecule has 7 heteroatoms. The maximum Gasteiger partial charge on any atom is 0.328 e. The van der Waals surface area contributed by atoms with Gasteiger partial charge in [-0.3, -0.25) is 15.2 Å². The van der Waals surface area contributed by atoms with Gasteiger partial charge in [-0.05, 0) is 56.6 Å². The Bertz CT molecular complexity index is 804. The molecule has 1 spiro atoms. The second kappa shape index (κ2) is 7.35. The van der Waals surface area contributed by atoms with E-state index in [0.717, 1.165) is 70.1 Å². The summed E-state index contributed by atoms with van der Waals surface area (Å²) < 4.78 is 27.9. The standard InChI is InChI=1S/C22H28F2N4O/c23-16-11-17(24)13-19(12-16)28-21(29)26-20(25-18-3-1-2-4-18)22(28)7-9-27(10-8-22)14-15-5-6-15/h11-13,15,18H,1-10,14H2,(H,25,26,29). The number of carbonyl (C=O) groups is 1. The minimum absolute atomic E-state index is 0.232. The number of aliphatic imine (C=N–C) groups is 1. The average molecular weight is 402 g/mol. The van der Waals surface area contributed by atoms with E-state index in [-0.39, 0.29) is 17.8 Å². The fraction of sp³-hybridized carbons (Fsp3) is 0.636. The van der Waals surface area contributed by atoms with Gasteiger partial charge in [0.2, 0.25) is 0 Å². The van der Waals surface area contributed by atoms with E-state index in [1.54, 1.807) is 4.90 Å². The molecule has 1 aromatic rings. The highest BCUT2D eigenvalue weighted by atomic mass is 19.1. The zero-order valence-corrected chi connectivity index (χ0v) is 16.7. The van der Waals surface area contributed by atoms with Crippen LogP contribution in [0.3, 0.4) is 0 Å². The summed E-state index contributed by atoms with van der Waals surface area (Å²) in [6.45, 7) is 2.84. The normalized spacial score (nSPS) is 26.6. The van der Waals surface area contributed by atoms with Crippen LogP contribution in [-0.4, -0.2) is 48.0 Å². The van der Waals surface area contributed by atoms with Gasteiger partial charge < -0.3 is 4.90 Å². The van der Waals surface area contributed by atoms with Gasteiger partial charge >= 0.3 is 6.03 Å². The smallest absolute Gasteiger partial charge is 0.303 e. The third-order valence-corrected chi connectivity index (χ3v) is 6.94. The molecule has 2 saturated carbocycles. The lowest BCUT2D eigenvalue weighted by atomic mass is 9.84. The number of amides is 2. The minimum atomic E-state index is -0.671. The Kier molecular flexibility index (Phi) is 4.81. The number of rotatable bonds is 4. The maximum absolute atomic E-state index is 14.0. The predicted octanol–water partition coefficient (Wildman–Crippen LogP) is 4.08. The molecule has 2 heterocycles. The molecule has 2 aliphatic heterocycles. The van der Waals surface area contributed by atoms with E-state index in [0.29, 0.717) is 5.84 Å². The highest BCUT2D eigenvalue weighted by molar-refractivity contribution is 6.19. The van der Waals surface area contributed by atoms with Gasteiger partial charge in [0.1, 0.15) is 23.0 Å². The van der Waals surface area contributed by atoms with Crippen LogP contribution in [0.15, 0.2) is 23.2 Å². The molecule has 2 saturated heterocycles. The fourth-order valence-corrected chi connectivity index (χ4v) is 5.21. The number of urea groups is 1. The highest BCUT2D eigenvalue weighted by Gasteiger charge is 2.53. The van der Waals surface area contributed by atoms with E-state index in [4.69, 9.17) is 4.99 Å². The molecule has 5 rings (SSSR count). The van der Waals surface area contributed by atoms with Crippen LogP contribution in [-0.2, 0) is 0 Å². The summed E-state index contributed by atoms with van der Waals surface area (Å²) in [5, 5.41) is 2.97. The topological polar surface area (TPSA) is 47.9 Å². The van der Waals surface area contributed by atoms with Crippen molar-refractivity contribution in [3.05, 3.63) is 29.8 Å². The van der Waals surface area contributed by atoms with Crippen LogP contribution in [0, 0.1) is 17.6 Å². The summed E-state index contributed by atoms with van der Waals surface area (Å²) in [4.78, 5) is 22.0. The molecule has 0 unspecified atom stereocenters. The molecular weight excluding hydrogens is 374 g/mol. The number of anilines is 1. The van der Waals surface area contributed by atoms with Crippen LogP contribution in [0.4, 0.5) is 19.3 Å². The van der Waals surface area contributed by atoms with Crippen molar-refractivity contribution in [2.24, 2.45) is 10.9 Å². The number of hydrogen-bond acceptors (Lipinski definition) is 3. The fourth-order valence-electron chi connectivity index (χ4n) is 5.21. The Labute approximate surface area is 170 Å². The van der Waals surface area contributed by atoms with Crippen molar-refractivity contribution in [3.63, 3.8) is 0 Å². The Morgan fingerprint density at radius 3 is 2.31 bits per heavy atom. The van der Waals surface area contributed by atoms with Crippen LogP contribution in [0.1, 0.15) is 51.4 Å². The lowest BCUT2D eigenvalue weighted by Gasteiger charge is -2.43. The molecule has 156 valence electrons. The molecule has 5 nitrogen and oxygen atoms in total. The molecule has 4 fully saturated rings. The average Bonchev–Trinajstić information content (AvgIpc) is 3.26. The van der Waals surface area contributed by atoms with Gasteiger partial charge in [-0.25, -0.2) is 13.6 Å². The Hall–Kier alpha value is -2.02. The van der Waals surface area contributed by atoms with Gasteiger partial charge in [0.25, 0.3) is 0 Å². The van der Waals surface area contributed by atoms with Gasteiger partial charge in [0.15, 0.2) is 0 Å². The van der Waals surface area contributed by atoms with E-state index in [9.17, 15) is 13.6 Å². The number of nitrogens with zero attached hydrogens (tertiary/aromatic N) is 3. The van der Waals surface area contributed by atoms with Crippen LogP contribution in [0.5, 0.6) is 0 Å². The quantitative estimate of drug-likeness (QED) is 0.825. The lowest BCUT2D eigenvalue weighted by Crippen LogP contribution is -2.57. The van der Waals surface area contributed by atoms with Gasteiger partial charge in [-0.2, -0.15) is 0 Å². The molecule has 0 atom stereocenters. The summed E-state index contributed by atoms with van der Waals surface area (Å²) in [6, 6.07) is 3.24. The van der Waals surface area contributed by atoms with Crippen molar-refractivity contribution < 1.29 is 13.6 Å². The van der Waals surface area contributed by atoms with Gasteiger partial charge in [-0.15, -0.1) is 0 Å². The third-order valence-electron chi connectivity index (χ3n) is 6.94. The van der Waals surface area contributed by atoms with Gasteiger partial charge in [-0.1, -0.05) is 12.8 Å². The molecule has 0 bridgehead atoms. The SMILES string of the molecule is O=C1NC(=NC2CCCC2)C2(CCN(CC3CC3)CC2)N1c1cc(F)cc(F)c1. The summed E-state index contributed by atoms with van der Waals surface area (Å²) >= 11 is 0. The number of amidine groups is 1. The first-order valence-corrected chi connectivity index (χ1v) is 10.9. The molecule has 0 aromatic heterocycles. The van der Waals surface area contributed by atoms with Crippen LogP contribution in [0.25, 0.3) is 0 Å². The van der Waals surface area contributed by atoms with Gasteiger partial charge in [0, 0.05) is 25.7 Å². The zero-order chi connectivity index (χ0) is 20.0. The molecule has 2 aliphatic carbocycles. The van der Waals surface area contributed by atoms with E-state index < -0.39 is 17.2 Å². The van der Waals surface area contributed by atoms with Crippen molar-refractivity contribution in [2.45, 2.75) is 62.9 Å². The Morgan fingerprint density at radius 1 is 1.03 bits per heavy atom. The number of nitrogens with one attached hydrogen (secondary N) is 1. The van der Waals surface area contributed by atoms with Crippen LogP contribution < -0.4 is 10.2 Å². The first-order valence-electron chi connectivity index (χ1n) is 10.9. The Morgan fingerprint density at radius 2 is 1.69 bits per heavy atom. The first kappa shape index (κ1) is 19.0. The number of halogens is 2. The number of benzene rings is 1. The summed E-state index contributed by atoms with van der Waals surface area (Å²) in [5.74, 6) is 0.170. The molecule has 2 amide bonds. The minimum Gasteiger partial charge on any atom is -0.303 e. The van der Waals surface area contributed by atoms with Gasteiger partial charge in [0.05, 0.1) is 11.7 Å². The molecule has 1 aromatic carbocycles. The maximum atomic E-state index is 14.0. The van der Waals surface area contributed by atoms with E-state index in [2.05, 4.69) is 10.2 Å². The monoisotopic (exact) mass is 402 g/mol. The van der Waals surface area contributed by atoms with E-state index in [1.807, 2.05) is 0 Å². The van der Waals surface area contributed by atoms with Crippen molar-refractivity contribution in [2.75, 3.05) is 24.5 Å². The van der Waals surface area contributed by atoms with Crippen LogP contribution in [0.2, 0.25) is 0 Å². The summed E-state index contributed by atoms with van der Waals surface area (Å²) in [7, 11) is 0. The summed E-state index contributed by atoms with van der Waals surface area (Å²) in [5.41, 5.74) is -0.368. The first-order chi connectivity index (χ1) is 14.0. The molecule has 29 heavy (non-hydrogen) atoms. The number of hydrogen-bond donors (Lipinski definition) is 1. The largest absolute Gasteiger partial charge is 0.328 e. The number of carbonyl (C=O) groups excluding carboxylic acids is 1.